The predicted octanol–water partition coefficient (Wildman–Crippen LogP) is 3.90. The van der Waals surface area contributed by atoms with Crippen LogP contribution in [0.3, 0.4) is 0 Å². The molecule has 0 saturated carbocycles. The second-order valence-electron chi connectivity index (χ2n) is 7.61. The SMILES string of the molecule is CCOc1nc2oc(C)cc2nc1NC(=O)N1CCN(c2cc(C)cc(C)c2)CC1. The zero-order valence-electron chi connectivity index (χ0n) is 17.9. The number of carbonyl (C=O) groups is 1. The molecule has 1 N–H and O–H groups in total. The Balaban J connectivity index is 1.45. The van der Waals surface area contributed by atoms with Crippen molar-refractivity contribution in [2.45, 2.75) is 27.7 Å². The summed E-state index contributed by atoms with van der Waals surface area (Å²) in [6.07, 6.45) is 0. The molecule has 1 aromatic carbocycles. The fourth-order valence-corrected chi connectivity index (χ4v) is 3.76. The molecule has 8 heteroatoms. The number of benzene rings is 1. The highest BCUT2D eigenvalue weighted by atomic mass is 16.5. The standard InChI is InChI=1S/C22H27N5O3/c1-5-29-21-19(23-18-13-16(4)30-20(18)25-21)24-22(28)27-8-6-26(7-9-27)17-11-14(2)10-15(3)12-17/h10-13H,5-9H2,1-4H3,(H,23,24,28). The molecule has 8 nitrogen and oxygen atoms in total. The minimum atomic E-state index is -0.204. The van der Waals surface area contributed by atoms with Gasteiger partial charge in [-0.05, 0) is 51.0 Å². The summed E-state index contributed by atoms with van der Waals surface area (Å²) in [6, 6.07) is 8.13. The number of carbonyl (C=O) groups excluding carboxylic acids is 1. The number of furan rings is 1. The number of fused-ring (bicyclic) bond motifs is 1. The Hall–Kier alpha value is -3.29. The van der Waals surface area contributed by atoms with Crippen LogP contribution in [0.15, 0.2) is 28.7 Å². The van der Waals surface area contributed by atoms with E-state index in [0.29, 0.717) is 42.5 Å². The molecule has 158 valence electrons. The van der Waals surface area contributed by atoms with Crippen molar-refractivity contribution in [3.8, 4) is 5.88 Å². The van der Waals surface area contributed by atoms with E-state index in [-0.39, 0.29) is 11.9 Å². The first kappa shape index (κ1) is 20.0. The first-order valence-corrected chi connectivity index (χ1v) is 10.2. The fourth-order valence-electron chi connectivity index (χ4n) is 3.76. The number of aryl methyl sites for hydroxylation is 3. The third-order valence-corrected chi connectivity index (χ3v) is 5.10. The van der Waals surface area contributed by atoms with Crippen molar-refractivity contribution in [2.24, 2.45) is 0 Å². The van der Waals surface area contributed by atoms with E-state index in [1.165, 1.54) is 16.8 Å². The Kier molecular flexibility index (Phi) is 5.48. The van der Waals surface area contributed by atoms with Crippen molar-refractivity contribution in [2.75, 3.05) is 43.0 Å². The van der Waals surface area contributed by atoms with Gasteiger partial charge in [-0.25, -0.2) is 9.78 Å². The van der Waals surface area contributed by atoms with Crippen molar-refractivity contribution in [1.82, 2.24) is 14.9 Å². The minimum absolute atomic E-state index is 0.204. The van der Waals surface area contributed by atoms with Crippen LogP contribution >= 0.6 is 0 Å². The van der Waals surface area contributed by atoms with Gasteiger partial charge in [0.2, 0.25) is 5.71 Å². The average molecular weight is 409 g/mol. The second-order valence-corrected chi connectivity index (χ2v) is 7.61. The summed E-state index contributed by atoms with van der Waals surface area (Å²) >= 11 is 0. The molecule has 0 bridgehead atoms. The third-order valence-electron chi connectivity index (χ3n) is 5.10. The highest BCUT2D eigenvalue weighted by Gasteiger charge is 2.24. The first-order chi connectivity index (χ1) is 14.4. The van der Waals surface area contributed by atoms with Crippen molar-refractivity contribution in [1.29, 1.82) is 0 Å². The molecule has 0 unspecified atom stereocenters. The maximum absolute atomic E-state index is 12.9. The lowest BCUT2D eigenvalue weighted by Gasteiger charge is -2.36. The summed E-state index contributed by atoms with van der Waals surface area (Å²) in [4.78, 5) is 25.8. The van der Waals surface area contributed by atoms with Gasteiger partial charge in [-0.1, -0.05) is 6.07 Å². The molecule has 0 radical (unpaired) electrons. The van der Waals surface area contributed by atoms with Crippen LogP contribution in [0.1, 0.15) is 23.8 Å². The van der Waals surface area contributed by atoms with E-state index in [9.17, 15) is 4.79 Å². The quantitative estimate of drug-likeness (QED) is 0.704. The van der Waals surface area contributed by atoms with E-state index >= 15 is 0 Å². The van der Waals surface area contributed by atoms with E-state index < -0.39 is 0 Å². The van der Waals surface area contributed by atoms with Crippen molar-refractivity contribution in [3.05, 3.63) is 41.2 Å². The molecular weight excluding hydrogens is 382 g/mol. The molecule has 3 heterocycles. The van der Waals surface area contributed by atoms with E-state index in [2.05, 4.69) is 52.2 Å². The van der Waals surface area contributed by atoms with Crippen molar-refractivity contribution in [3.63, 3.8) is 0 Å². The summed E-state index contributed by atoms with van der Waals surface area (Å²) < 4.78 is 11.1. The number of hydrogen-bond donors (Lipinski definition) is 1. The molecule has 2 aromatic heterocycles. The molecule has 2 amide bonds. The van der Waals surface area contributed by atoms with Gasteiger partial charge < -0.3 is 19.0 Å². The summed E-state index contributed by atoms with van der Waals surface area (Å²) in [5.41, 5.74) is 4.69. The first-order valence-electron chi connectivity index (χ1n) is 10.2. The Bertz CT molecular complexity index is 1050. The highest BCUT2D eigenvalue weighted by Crippen LogP contribution is 2.26. The van der Waals surface area contributed by atoms with Crippen LogP contribution in [0.5, 0.6) is 5.88 Å². The molecule has 0 atom stereocenters. The number of anilines is 2. The fraction of sp³-hybridized carbons (Fsp3) is 0.409. The number of amides is 2. The smallest absolute Gasteiger partial charge is 0.323 e. The Morgan fingerprint density at radius 2 is 1.77 bits per heavy atom. The topological polar surface area (TPSA) is 83.7 Å². The van der Waals surface area contributed by atoms with Gasteiger partial charge in [0.25, 0.3) is 5.88 Å². The van der Waals surface area contributed by atoms with Gasteiger partial charge in [-0.3, -0.25) is 5.32 Å². The van der Waals surface area contributed by atoms with Gasteiger partial charge >= 0.3 is 6.03 Å². The average Bonchev–Trinajstić information content (AvgIpc) is 3.06. The van der Waals surface area contributed by atoms with Crippen LogP contribution in [0.25, 0.3) is 11.2 Å². The lowest BCUT2D eigenvalue weighted by molar-refractivity contribution is 0.208. The Labute approximate surface area is 175 Å². The largest absolute Gasteiger partial charge is 0.475 e. The zero-order valence-corrected chi connectivity index (χ0v) is 17.9. The van der Waals surface area contributed by atoms with Crippen LogP contribution < -0.4 is 15.0 Å². The summed E-state index contributed by atoms with van der Waals surface area (Å²) in [6.45, 7) is 11.1. The van der Waals surface area contributed by atoms with E-state index in [1.807, 2.05) is 13.8 Å². The summed E-state index contributed by atoms with van der Waals surface area (Å²) in [7, 11) is 0. The van der Waals surface area contributed by atoms with Gasteiger partial charge in [0.05, 0.1) is 6.61 Å². The number of nitrogens with one attached hydrogen (secondary N) is 1. The number of aromatic nitrogens is 2. The molecule has 1 aliphatic rings. The van der Waals surface area contributed by atoms with E-state index in [4.69, 9.17) is 9.15 Å². The number of nitrogens with zero attached hydrogens (tertiary/aromatic N) is 4. The van der Waals surface area contributed by atoms with Gasteiger partial charge in [-0.15, -0.1) is 0 Å². The molecule has 3 aromatic rings. The normalized spacial score (nSPS) is 14.3. The lowest BCUT2D eigenvalue weighted by Crippen LogP contribution is -2.50. The Morgan fingerprint density at radius 1 is 1.07 bits per heavy atom. The number of rotatable bonds is 4. The van der Waals surface area contributed by atoms with Gasteiger partial charge in [0.15, 0.2) is 5.82 Å². The van der Waals surface area contributed by atoms with Crippen LogP contribution in [-0.2, 0) is 0 Å². The second kappa shape index (κ2) is 8.22. The highest BCUT2D eigenvalue weighted by molar-refractivity contribution is 5.91. The minimum Gasteiger partial charge on any atom is -0.475 e. The molecule has 30 heavy (non-hydrogen) atoms. The predicted molar refractivity (Wildman–Crippen MR) is 116 cm³/mol. The number of piperazine rings is 1. The van der Waals surface area contributed by atoms with Crippen LogP contribution in [0.4, 0.5) is 16.3 Å². The number of urea groups is 1. The molecule has 0 aliphatic carbocycles. The third kappa shape index (κ3) is 4.17. The molecule has 1 fully saturated rings. The monoisotopic (exact) mass is 409 g/mol. The molecule has 1 saturated heterocycles. The summed E-state index contributed by atoms with van der Waals surface area (Å²) in [5, 5.41) is 2.87. The lowest BCUT2D eigenvalue weighted by atomic mass is 10.1. The van der Waals surface area contributed by atoms with Crippen LogP contribution in [0.2, 0.25) is 0 Å². The van der Waals surface area contributed by atoms with Gasteiger partial charge in [0.1, 0.15) is 11.3 Å². The summed E-state index contributed by atoms with van der Waals surface area (Å²) in [5.74, 6) is 1.28. The number of hydrogen-bond acceptors (Lipinski definition) is 6. The van der Waals surface area contributed by atoms with Crippen LogP contribution in [0, 0.1) is 20.8 Å². The van der Waals surface area contributed by atoms with E-state index in [0.717, 1.165) is 13.1 Å². The van der Waals surface area contributed by atoms with Crippen molar-refractivity contribution < 1.29 is 13.9 Å². The Morgan fingerprint density at radius 3 is 2.43 bits per heavy atom. The maximum atomic E-state index is 12.9. The van der Waals surface area contributed by atoms with Crippen molar-refractivity contribution >= 4 is 28.8 Å². The molecular formula is C22H27N5O3. The van der Waals surface area contributed by atoms with Gasteiger partial charge in [0, 0.05) is 37.9 Å². The maximum Gasteiger partial charge on any atom is 0.323 e. The van der Waals surface area contributed by atoms with Crippen LogP contribution in [-0.4, -0.2) is 53.7 Å². The van der Waals surface area contributed by atoms with E-state index in [1.54, 1.807) is 11.0 Å². The molecule has 4 rings (SSSR count). The zero-order chi connectivity index (χ0) is 21.3. The van der Waals surface area contributed by atoms with Gasteiger partial charge in [-0.2, -0.15) is 4.98 Å². The number of ether oxygens (including phenoxy) is 1. The molecule has 0 spiro atoms. The molecule has 1 aliphatic heterocycles.